The van der Waals surface area contributed by atoms with E-state index >= 15 is 0 Å². The Kier molecular flexibility index (Phi) is 6.42. The van der Waals surface area contributed by atoms with Crippen molar-refractivity contribution < 1.29 is 9.53 Å². The van der Waals surface area contributed by atoms with Crippen molar-refractivity contribution in [1.82, 2.24) is 4.57 Å². The van der Waals surface area contributed by atoms with Crippen LogP contribution in [-0.2, 0) is 16.1 Å². The number of hydrogen-bond donors (Lipinski definition) is 0. The number of esters is 1. The first-order valence-corrected chi connectivity index (χ1v) is 9.79. The maximum Gasteiger partial charge on any atom is 0.333 e. The summed E-state index contributed by atoms with van der Waals surface area (Å²) in [6.45, 7) is 5.45. The van der Waals surface area contributed by atoms with Gasteiger partial charge in [0.2, 0.25) is 0 Å². The van der Waals surface area contributed by atoms with Gasteiger partial charge in [0, 0.05) is 47.9 Å². The molecule has 0 aliphatic carbocycles. The maximum absolute atomic E-state index is 12.0. The number of aromatic nitrogens is 1. The van der Waals surface area contributed by atoms with E-state index in [4.69, 9.17) is 16.3 Å². The molecule has 4 nitrogen and oxygen atoms in total. The second-order valence-electron chi connectivity index (χ2n) is 6.68. The van der Waals surface area contributed by atoms with Crippen LogP contribution in [-0.4, -0.2) is 30.7 Å². The number of carbonyl (C=O) groups is 1. The number of nitrogens with zero attached hydrogens (tertiary/aromatic N) is 2. The number of rotatable bonds is 7. The Morgan fingerprint density at radius 1 is 1.14 bits per heavy atom. The molecule has 0 aliphatic rings. The van der Waals surface area contributed by atoms with Crippen LogP contribution in [0.1, 0.15) is 19.4 Å². The van der Waals surface area contributed by atoms with Crippen molar-refractivity contribution in [3.63, 3.8) is 0 Å². The Morgan fingerprint density at radius 3 is 2.54 bits per heavy atom. The molecule has 0 amide bonds. The highest BCUT2D eigenvalue weighted by Gasteiger charge is 2.16. The lowest BCUT2D eigenvalue weighted by molar-refractivity contribution is -0.138. The van der Waals surface area contributed by atoms with Gasteiger partial charge >= 0.3 is 5.97 Å². The fourth-order valence-corrected chi connectivity index (χ4v) is 3.57. The maximum atomic E-state index is 12.0. The lowest BCUT2D eigenvalue weighted by Gasteiger charge is -2.20. The number of para-hydroxylation sites is 2. The molecule has 1 aromatic heterocycles. The van der Waals surface area contributed by atoms with Crippen molar-refractivity contribution in [1.29, 1.82) is 0 Å². The quantitative estimate of drug-likeness (QED) is 0.396. The van der Waals surface area contributed by atoms with Crippen LogP contribution in [0.25, 0.3) is 17.0 Å². The minimum absolute atomic E-state index is 0.320. The molecule has 0 unspecified atom stereocenters. The largest absolute Gasteiger partial charge is 0.463 e. The van der Waals surface area contributed by atoms with Crippen molar-refractivity contribution >= 4 is 40.2 Å². The van der Waals surface area contributed by atoms with Crippen LogP contribution in [0.2, 0.25) is 5.15 Å². The predicted molar refractivity (Wildman–Crippen MR) is 117 cm³/mol. The molecule has 0 saturated carbocycles. The van der Waals surface area contributed by atoms with E-state index in [-0.39, 0.29) is 5.97 Å². The number of benzene rings is 2. The predicted octanol–water partition coefficient (Wildman–Crippen LogP) is 5.40. The van der Waals surface area contributed by atoms with Gasteiger partial charge in [-0.15, -0.1) is 0 Å². The van der Waals surface area contributed by atoms with E-state index in [9.17, 15) is 4.79 Å². The summed E-state index contributed by atoms with van der Waals surface area (Å²) in [6.07, 6.45) is 1.82. The Labute approximate surface area is 171 Å². The van der Waals surface area contributed by atoms with Crippen LogP contribution >= 0.6 is 11.6 Å². The first-order valence-electron chi connectivity index (χ1n) is 9.41. The van der Waals surface area contributed by atoms with Gasteiger partial charge in [0.1, 0.15) is 5.15 Å². The third kappa shape index (κ3) is 4.23. The molecule has 0 spiro atoms. The summed E-state index contributed by atoms with van der Waals surface area (Å²) in [5, 5.41) is 1.66. The number of likely N-dealkylation sites (N-methyl/N-ethyl adjacent to an activating group) is 1. The van der Waals surface area contributed by atoms with E-state index in [1.165, 1.54) is 0 Å². The van der Waals surface area contributed by atoms with Crippen LogP contribution in [0.3, 0.4) is 0 Å². The first-order chi connectivity index (χ1) is 13.5. The summed E-state index contributed by atoms with van der Waals surface area (Å²) in [5.41, 5.74) is 3.60. The number of halogens is 1. The number of anilines is 1. The fourth-order valence-electron chi connectivity index (χ4n) is 3.24. The van der Waals surface area contributed by atoms with Crippen molar-refractivity contribution in [3.8, 4) is 0 Å². The summed E-state index contributed by atoms with van der Waals surface area (Å²) in [5.74, 6) is -0.320. The molecule has 3 rings (SSSR count). The molecule has 0 bridgehead atoms. The average molecular weight is 397 g/mol. The van der Waals surface area contributed by atoms with Crippen LogP contribution in [0, 0.1) is 0 Å². The molecule has 28 heavy (non-hydrogen) atoms. The minimum atomic E-state index is -0.320. The van der Waals surface area contributed by atoms with Gasteiger partial charge in [-0.3, -0.25) is 0 Å². The summed E-state index contributed by atoms with van der Waals surface area (Å²) in [6, 6.07) is 18.3. The van der Waals surface area contributed by atoms with Crippen LogP contribution < -0.4 is 4.90 Å². The molecule has 0 fully saturated rings. The van der Waals surface area contributed by atoms with E-state index in [0.29, 0.717) is 17.3 Å². The Bertz CT molecular complexity index is 993. The lowest BCUT2D eigenvalue weighted by Crippen LogP contribution is -2.22. The van der Waals surface area contributed by atoms with Crippen LogP contribution in [0.5, 0.6) is 0 Å². The zero-order chi connectivity index (χ0) is 20.1. The smallest absolute Gasteiger partial charge is 0.333 e. The van der Waals surface area contributed by atoms with Crippen molar-refractivity contribution in [2.24, 2.45) is 0 Å². The van der Waals surface area contributed by atoms with Gasteiger partial charge in [-0.05, 0) is 38.1 Å². The van der Waals surface area contributed by atoms with Crippen molar-refractivity contribution in [2.75, 3.05) is 25.1 Å². The zero-order valence-corrected chi connectivity index (χ0v) is 17.2. The molecule has 0 aliphatic heterocycles. The highest BCUT2D eigenvalue weighted by Crippen LogP contribution is 2.32. The standard InChI is InChI=1S/C23H25ClN2O2/c1-4-28-23(27)17(2)16-20-19-12-8-9-13-21(19)26(22(20)24)15-14-25(3)18-10-6-5-7-11-18/h5-13,16H,4,14-15H2,1-3H3/b17-16+. The van der Waals surface area contributed by atoms with Gasteiger partial charge in [0.25, 0.3) is 0 Å². The average Bonchev–Trinajstić information content (AvgIpc) is 2.98. The monoisotopic (exact) mass is 396 g/mol. The van der Waals surface area contributed by atoms with E-state index < -0.39 is 0 Å². The van der Waals surface area contributed by atoms with E-state index in [0.717, 1.165) is 35.2 Å². The highest BCUT2D eigenvalue weighted by molar-refractivity contribution is 6.33. The van der Waals surface area contributed by atoms with Crippen LogP contribution in [0.4, 0.5) is 5.69 Å². The first kappa shape index (κ1) is 20.0. The molecular formula is C23H25ClN2O2. The van der Waals surface area contributed by atoms with Crippen molar-refractivity contribution in [3.05, 3.63) is 70.9 Å². The Morgan fingerprint density at radius 2 is 1.82 bits per heavy atom. The Balaban J connectivity index is 1.92. The Hall–Kier alpha value is -2.72. The lowest BCUT2D eigenvalue weighted by atomic mass is 10.1. The molecule has 0 saturated heterocycles. The normalized spacial score (nSPS) is 11.6. The summed E-state index contributed by atoms with van der Waals surface area (Å²) in [7, 11) is 2.07. The van der Waals surface area contributed by atoms with Gasteiger partial charge in [0.05, 0.1) is 6.61 Å². The van der Waals surface area contributed by atoms with Gasteiger partial charge < -0.3 is 14.2 Å². The van der Waals surface area contributed by atoms with Gasteiger partial charge in [0.15, 0.2) is 0 Å². The summed E-state index contributed by atoms with van der Waals surface area (Å²) < 4.78 is 7.20. The molecule has 2 aromatic carbocycles. The van der Waals surface area contributed by atoms with Crippen LogP contribution in [0.15, 0.2) is 60.2 Å². The third-order valence-electron chi connectivity index (χ3n) is 4.76. The molecule has 0 radical (unpaired) electrons. The SMILES string of the molecule is CCOC(=O)/C(C)=C/c1c(Cl)n(CCN(C)c2ccccc2)c2ccccc12. The molecule has 1 heterocycles. The van der Waals surface area contributed by atoms with E-state index in [1.54, 1.807) is 13.8 Å². The number of fused-ring (bicyclic) bond motifs is 1. The molecule has 146 valence electrons. The second kappa shape index (κ2) is 8.98. The topological polar surface area (TPSA) is 34.5 Å². The van der Waals surface area contributed by atoms with Crippen molar-refractivity contribution in [2.45, 2.75) is 20.4 Å². The summed E-state index contributed by atoms with van der Waals surface area (Å²) in [4.78, 5) is 14.2. The molecule has 0 atom stereocenters. The second-order valence-corrected chi connectivity index (χ2v) is 7.04. The highest BCUT2D eigenvalue weighted by atomic mass is 35.5. The molecule has 5 heteroatoms. The molecular weight excluding hydrogens is 372 g/mol. The van der Waals surface area contributed by atoms with E-state index in [1.807, 2.05) is 42.5 Å². The number of carbonyl (C=O) groups excluding carboxylic acids is 1. The van der Waals surface area contributed by atoms with Gasteiger partial charge in [-0.1, -0.05) is 48.0 Å². The van der Waals surface area contributed by atoms with Gasteiger partial charge in [-0.25, -0.2) is 4.79 Å². The summed E-state index contributed by atoms with van der Waals surface area (Å²) >= 11 is 6.76. The third-order valence-corrected chi connectivity index (χ3v) is 5.17. The minimum Gasteiger partial charge on any atom is -0.463 e. The number of ether oxygens (including phenoxy) is 1. The number of hydrogen-bond acceptors (Lipinski definition) is 3. The molecule has 3 aromatic rings. The van der Waals surface area contributed by atoms with E-state index in [2.05, 4.69) is 34.7 Å². The fraction of sp³-hybridized carbons (Fsp3) is 0.261. The van der Waals surface area contributed by atoms with Gasteiger partial charge in [-0.2, -0.15) is 0 Å². The molecule has 0 N–H and O–H groups in total. The zero-order valence-electron chi connectivity index (χ0n) is 16.5.